The Morgan fingerprint density at radius 3 is 2.61 bits per heavy atom. The summed E-state index contributed by atoms with van der Waals surface area (Å²) in [6, 6.07) is 10.8. The van der Waals surface area contributed by atoms with E-state index in [0.717, 1.165) is 5.52 Å². The lowest BCUT2D eigenvalue weighted by molar-refractivity contribution is 0.404. The molecule has 0 aliphatic heterocycles. The fourth-order valence-electron chi connectivity index (χ4n) is 3.18. The van der Waals surface area contributed by atoms with E-state index >= 15 is 0 Å². The molecule has 144 valence electrons. The zero-order valence-corrected chi connectivity index (χ0v) is 16.3. The monoisotopic (exact) mass is 399 g/mol. The molecular weight excluding hydrogens is 382 g/mol. The van der Waals surface area contributed by atoms with Crippen molar-refractivity contribution >= 4 is 34.0 Å². The second kappa shape index (κ2) is 7.05. The number of fused-ring (bicyclic) bond motifs is 3. The van der Waals surface area contributed by atoms with Crippen molar-refractivity contribution in [2.24, 2.45) is 7.05 Å². The Kier molecular flexibility index (Phi) is 4.56. The molecule has 0 aliphatic carbocycles. The van der Waals surface area contributed by atoms with Gasteiger partial charge in [-0.1, -0.05) is 23.7 Å². The van der Waals surface area contributed by atoms with E-state index in [-0.39, 0.29) is 5.56 Å². The average molecular weight is 400 g/mol. The molecule has 0 radical (unpaired) electrons. The number of hydrogen-bond donors (Lipinski definition) is 1. The molecule has 9 heteroatoms. The van der Waals surface area contributed by atoms with Crippen LogP contribution in [0.15, 0.2) is 41.2 Å². The van der Waals surface area contributed by atoms with Crippen molar-refractivity contribution in [3.8, 4) is 11.5 Å². The Morgan fingerprint density at radius 2 is 1.86 bits per heavy atom. The number of aromatic nitrogens is 4. The predicted molar refractivity (Wildman–Crippen MR) is 108 cm³/mol. The lowest BCUT2D eigenvalue weighted by atomic mass is 10.2. The van der Waals surface area contributed by atoms with Gasteiger partial charge in [0.15, 0.2) is 5.82 Å². The fourth-order valence-corrected chi connectivity index (χ4v) is 3.41. The maximum Gasteiger partial charge on any atom is 0.262 e. The molecule has 4 rings (SSSR count). The van der Waals surface area contributed by atoms with Crippen LogP contribution < -0.4 is 20.3 Å². The standard InChI is InChI=1S/C19H18ClN5O3/c1-24-18(26)11-6-4-5-7-14(11)25-17(22-23-19(24)25)10-21-13-9-15(27-2)12(20)8-16(13)28-3/h4-9,21H,10H2,1-3H3. The smallest absolute Gasteiger partial charge is 0.262 e. The van der Waals surface area contributed by atoms with Crippen molar-refractivity contribution in [3.63, 3.8) is 0 Å². The summed E-state index contributed by atoms with van der Waals surface area (Å²) in [5.41, 5.74) is 1.34. The SMILES string of the molecule is COc1cc(NCc2nnc3n(C)c(=O)c4ccccc4n23)c(OC)cc1Cl. The molecule has 0 fully saturated rings. The van der Waals surface area contributed by atoms with Gasteiger partial charge in [-0.25, -0.2) is 0 Å². The third-order valence-electron chi connectivity index (χ3n) is 4.60. The zero-order valence-electron chi connectivity index (χ0n) is 15.6. The number of ether oxygens (including phenoxy) is 2. The molecule has 1 N–H and O–H groups in total. The van der Waals surface area contributed by atoms with Crippen molar-refractivity contribution in [3.05, 3.63) is 57.6 Å². The van der Waals surface area contributed by atoms with Gasteiger partial charge in [-0.15, -0.1) is 10.2 Å². The largest absolute Gasteiger partial charge is 0.495 e. The van der Waals surface area contributed by atoms with Gasteiger partial charge in [0.1, 0.15) is 11.5 Å². The van der Waals surface area contributed by atoms with Crippen molar-refractivity contribution in [2.45, 2.75) is 6.54 Å². The highest BCUT2D eigenvalue weighted by molar-refractivity contribution is 6.32. The van der Waals surface area contributed by atoms with Crippen molar-refractivity contribution < 1.29 is 9.47 Å². The molecule has 28 heavy (non-hydrogen) atoms. The maximum absolute atomic E-state index is 12.5. The van der Waals surface area contributed by atoms with Gasteiger partial charge in [0.2, 0.25) is 5.78 Å². The maximum atomic E-state index is 12.5. The number of halogens is 1. The van der Waals surface area contributed by atoms with E-state index in [0.29, 0.717) is 45.7 Å². The first-order chi connectivity index (χ1) is 13.5. The van der Waals surface area contributed by atoms with E-state index in [9.17, 15) is 4.79 Å². The van der Waals surface area contributed by atoms with E-state index < -0.39 is 0 Å². The summed E-state index contributed by atoms with van der Waals surface area (Å²) in [5.74, 6) is 2.24. The lowest BCUT2D eigenvalue weighted by Crippen LogP contribution is -2.20. The summed E-state index contributed by atoms with van der Waals surface area (Å²) in [5, 5.41) is 12.8. The van der Waals surface area contributed by atoms with Gasteiger partial charge in [-0.3, -0.25) is 13.8 Å². The molecule has 0 aliphatic rings. The van der Waals surface area contributed by atoms with Crippen LogP contribution in [0.4, 0.5) is 5.69 Å². The summed E-state index contributed by atoms with van der Waals surface area (Å²) >= 11 is 6.16. The molecule has 0 spiro atoms. The summed E-state index contributed by atoms with van der Waals surface area (Å²) in [6.07, 6.45) is 0. The van der Waals surface area contributed by atoms with Gasteiger partial charge in [-0.05, 0) is 12.1 Å². The van der Waals surface area contributed by atoms with E-state index in [1.54, 1.807) is 39.5 Å². The molecule has 0 unspecified atom stereocenters. The summed E-state index contributed by atoms with van der Waals surface area (Å²) in [6.45, 7) is 0.352. The topological polar surface area (TPSA) is 82.7 Å². The number of methoxy groups -OCH3 is 2. The number of nitrogens with one attached hydrogen (secondary N) is 1. The Morgan fingerprint density at radius 1 is 1.11 bits per heavy atom. The molecule has 2 aromatic heterocycles. The van der Waals surface area contributed by atoms with Crippen LogP contribution in [-0.2, 0) is 13.6 Å². The number of aryl methyl sites for hydroxylation is 1. The first-order valence-corrected chi connectivity index (χ1v) is 8.90. The number of anilines is 1. The Hall–Kier alpha value is -3.26. The highest BCUT2D eigenvalue weighted by Gasteiger charge is 2.15. The van der Waals surface area contributed by atoms with Crippen LogP contribution in [0.2, 0.25) is 5.02 Å². The zero-order chi connectivity index (χ0) is 19.8. The highest BCUT2D eigenvalue weighted by Crippen LogP contribution is 2.36. The van der Waals surface area contributed by atoms with Crippen LogP contribution in [-0.4, -0.2) is 33.4 Å². The first kappa shape index (κ1) is 18.1. The molecule has 0 bridgehead atoms. The van der Waals surface area contributed by atoms with Crippen LogP contribution in [0.1, 0.15) is 5.82 Å². The average Bonchev–Trinajstić information content (AvgIpc) is 3.15. The minimum atomic E-state index is -0.112. The second-order valence-electron chi connectivity index (χ2n) is 6.17. The minimum Gasteiger partial charge on any atom is -0.495 e. The quantitative estimate of drug-likeness (QED) is 0.555. The number of rotatable bonds is 5. The van der Waals surface area contributed by atoms with Crippen LogP contribution in [0.3, 0.4) is 0 Å². The molecule has 2 aromatic carbocycles. The lowest BCUT2D eigenvalue weighted by Gasteiger charge is -2.14. The third-order valence-corrected chi connectivity index (χ3v) is 4.90. The van der Waals surface area contributed by atoms with Gasteiger partial charge < -0.3 is 14.8 Å². The second-order valence-corrected chi connectivity index (χ2v) is 6.58. The van der Waals surface area contributed by atoms with Crippen molar-refractivity contribution in [2.75, 3.05) is 19.5 Å². The summed E-state index contributed by atoms with van der Waals surface area (Å²) < 4.78 is 14.0. The molecule has 0 atom stereocenters. The molecule has 0 amide bonds. The minimum absolute atomic E-state index is 0.112. The molecule has 0 saturated carbocycles. The van der Waals surface area contributed by atoms with Crippen LogP contribution in [0.5, 0.6) is 11.5 Å². The Bertz CT molecular complexity index is 1250. The fraction of sp³-hybridized carbons (Fsp3) is 0.211. The van der Waals surface area contributed by atoms with E-state index in [2.05, 4.69) is 15.5 Å². The van der Waals surface area contributed by atoms with E-state index in [1.165, 1.54) is 4.57 Å². The van der Waals surface area contributed by atoms with E-state index in [1.807, 2.05) is 22.6 Å². The van der Waals surface area contributed by atoms with Gasteiger partial charge >= 0.3 is 0 Å². The van der Waals surface area contributed by atoms with E-state index in [4.69, 9.17) is 21.1 Å². The summed E-state index contributed by atoms with van der Waals surface area (Å²) in [7, 11) is 4.80. The van der Waals surface area contributed by atoms with Crippen LogP contribution in [0, 0.1) is 0 Å². The molecule has 4 aromatic rings. The molecule has 0 saturated heterocycles. The van der Waals surface area contributed by atoms with Crippen molar-refractivity contribution in [1.29, 1.82) is 0 Å². The van der Waals surface area contributed by atoms with Gasteiger partial charge in [0, 0.05) is 19.2 Å². The first-order valence-electron chi connectivity index (χ1n) is 8.52. The molecule has 8 nitrogen and oxygen atoms in total. The normalized spacial score (nSPS) is 11.1. The highest BCUT2D eigenvalue weighted by atomic mass is 35.5. The number of benzene rings is 2. The summed E-state index contributed by atoms with van der Waals surface area (Å²) in [4.78, 5) is 12.5. The van der Waals surface area contributed by atoms with Crippen LogP contribution in [0.25, 0.3) is 16.7 Å². The van der Waals surface area contributed by atoms with Crippen LogP contribution >= 0.6 is 11.6 Å². The Labute approximate surface area is 165 Å². The molecule has 2 heterocycles. The van der Waals surface area contributed by atoms with Crippen molar-refractivity contribution in [1.82, 2.24) is 19.2 Å². The number of nitrogens with zero attached hydrogens (tertiary/aromatic N) is 4. The Balaban J connectivity index is 1.79. The number of para-hydroxylation sites is 1. The third kappa shape index (κ3) is 2.82. The van der Waals surface area contributed by atoms with Gasteiger partial charge in [0.25, 0.3) is 5.56 Å². The molecular formula is C19H18ClN5O3. The number of hydrogen-bond acceptors (Lipinski definition) is 6. The predicted octanol–water partition coefficient (Wildman–Crippen LogP) is 2.86. The van der Waals surface area contributed by atoms with Gasteiger partial charge in [0.05, 0.1) is 42.4 Å². The van der Waals surface area contributed by atoms with Gasteiger partial charge in [-0.2, -0.15) is 0 Å².